The van der Waals surface area contributed by atoms with Crippen LogP contribution < -0.4 is 4.90 Å². The van der Waals surface area contributed by atoms with Gasteiger partial charge in [0.05, 0.1) is 25.5 Å². The predicted molar refractivity (Wildman–Crippen MR) is 125 cm³/mol. The van der Waals surface area contributed by atoms with Gasteiger partial charge in [-0.1, -0.05) is 48.5 Å². The highest BCUT2D eigenvalue weighted by atomic mass is 32.1. The van der Waals surface area contributed by atoms with E-state index in [0.29, 0.717) is 5.69 Å². The third-order valence-electron chi connectivity index (χ3n) is 4.86. The molecular formula is C25H20N2O4S. The van der Waals surface area contributed by atoms with Gasteiger partial charge in [-0.15, -0.1) is 11.3 Å². The number of aromatic nitrogens is 1. The molecule has 0 atom stereocenters. The van der Waals surface area contributed by atoms with Crippen LogP contribution in [0.15, 0.2) is 95.7 Å². The number of methoxy groups -OCH3 is 2. The average molecular weight is 445 g/mol. The van der Waals surface area contributed by atoms with E-state index in [1.165, 1.54) is 20.3 Å². The highest BCUT2D eigenvalue weighted by Crippen LogP contribution is 2.31. The molecule has 0 bridgehead atoms. The Bertz CT molecular complexity index is 1220. The van der Waals surface area contributed by atoms with Gasteiger partial charge in [0.2, 0.25) is 0 Å². The minimum absolute atomic E-state index is 0.0807. The molecule has 1 aliphatic heterocycles. The molecule has 0 N–H and O–H groups in total. The molecule has 1 aromatic heterocycles. The first-order chi connectivity index (χ1) is 15.6. The summed E-state index contributed by atoms with van der Waals surface area (Å²) in [7, 11) is 2.55. The number of allylic oxidation sites excluding steroid dienone is 2. The molecule has 0 spiro atoms. The quantitative estimate of drug-likeness (QED) is 0.518. The monoisotopic (exact) mass is 444 g/mol. The molecule has 2 heterocycles. The minimum Gasteiger partial charge on any atom is -0.465 e. The summed E-state index contributed by atoms with van der Waals surface area (Å²) in [6.45, 7) is 0. The second-order valence-corrected chi connectivity index (χ2v) is 7.62. The number of rotatable bonds is 5. The van der Waals surface area contributed by atoms with Crippen LogP contribution in [-0.2, 0) is 19.1 Å². The standard InChI is InChI=1S/C25H20N2O4S/c1-30-24(28)20-10-6-7-15-27(22(20)25(29)31-2)19-13-11-17(12-14-19)21-16-32-23(26-21)18-8-4-3-5-9-18/h3-16H,1-2H3. The maximum Gasteiger partial charge on any atom is 0.355 e. The summed E-state index contributed by atoms with van der Waals surface area (Å²) in [6, 6.07) is 17.6. The number of esters is 2. The highest BCUT2D eigenvalue weighted by Gasteiger charge is 2.27. The van der Waals surface area contributed by atoms with Crippen LogP contribution in [0, 0.1) is 0 Å². The second kappa shape index (κ2) is 9.45. The van der Waals surface area contributed by atoms with Crippen molar-refractivity contribution in [3.05, 3.63) is 95.7 Å². The van der Waals surface area contributed by atoms with Crippen molar-refractivity contribution < 1.29 is 19.1 Å². The van der Waals surface area contributed by atoms with Crippen LogP contribution in [0.5, 0.6) is 0 Å². The Morgan fingerprint density at radius 1 is 0.875 bits per heavy atom. The summed E-state index contributed by atoms with van der Waals surface area (Å²) in [5, 5.41) is 2.97. The Morgan fingerprint density at radius 3 is 2.28 bits per heavy atom. The number of ether oxygens (including phenoxy) is 2. The number of hydrogen-bond acceptors (Lipinski definition) is 7. The van der Waals surface area contributed by atoms with Crippen molar-refractivity contribution in [2.24, 2.45) is 0 Å². The number of hydrogen-bond donors (Lipinski definition) is 0. The van der Waals surface area contributed by atoms with Gasteiger partial charge in [-0.3, -0.25) is 0 Å². The lowest BCUT2D eigenvalue weighted by molar-refractivity contribution is -0.139. The molecule has 4 rings (SSSR count). The van der Waals surface area contributed by atoms with Crippen LogP contribution in [0.25, 0.3) is 21.8 Å². The van der Waals surface area contributed by atoms with Crippen molar-refractivity contribution in [3.8, 4) is 21.8 Å². The van der Waals surface area contributed by atoms with Crippen molar-refractivity contribution >= 4 is 29.0 Å². The summed E-state index contributed by atoms with van der Waals surface area (Å²) in [6.07, 6.45) is 6.64. The first-order valence-electron chi connectivity index (χ1n) is 9.78. The number of carbonyl (C=O) groups is 2. The molecule has 0 amide bonds. The Balaban J connectivity index is 1.68. The zero-order valence-electron chi connectivity index (χ0n) is 17.5. The molecule has 1 aliphatic rings. The van der Waals surface area contributed by atoms with E-state index in [1.807, 2.05) is 60.0 Å². The number of carbonyl (C=O) groups excluding carboxylic acids is 2. The van der Waals surface area contributed by atoms with Crippen molar-refractivity contribution in [2.75, 3.05) is 19.1 Å². The summed E-state index contributed by atoms with van der Waals surface area (Å²) < 4.78 is 9.79. The van der Waals surface area contributed by atoms with Crippen LogP contribution >= 0.6 is 11.3 Å². The van der Waals surface area contributed by atoms with Gasteiger partial charge in [-0.05, 0) is 24.3 Å². The van der Waals surface area contributed by atoms with E-state index in [-0.39, 0.29) is 11.3 Å². The molecule has 3 aromatic rings. The molecular weight excluding hydrogens is 424 g/mol. The van der Waals surface area contributed by atoms with E-state index in [9.17, 15) is 9.59 Å². The first-order valence-corrected chi connectivity index (χ1v) is 10.7. The number of anilines is 1. The lowest BCUT2D eigenvalue weighted by Crippen LogP contribution is -2.26. The molecule has 0 aliphatic carbocycles. The van der Waals surface area contributed by atoms with Gasteiger partial charge in [-0.25, -0.2) is 14.6 Å². The Kier molecular flexibility index (Phi) is 6.28. The minimum atomic E-state index is -0.641. The number of nitrogens with zero attached hydrogens (tertiary/aromatic N) is 2. The first kappa shape index (κ1) is 21.3. The molecule has 160 valence electrons. The SMILES string of the molecule is COC(=O)C1=C(C(=O)OC)N(c2ccc(-c3csc(-c4ccccc4)n3)cc2)C=CC=C1. The van der Waals surface area contributed by atoms with Crippen LogP contribution in [0.1, 0.15) is 0 Å². The van der Waals surface area contributed by atoms with Crippen LogP contribution in [0.3, 0.4) is 0 Å². The van der Waals surface area contributed by atoms with E-state index in [4.69, 9.17) is 14.5 Å². The molecule has 0 saturated carbocycles. The van der Waals surface area contributed by atoms with Gasteiger partial charge in [0.1, 0.15) is 10.7 Å². The molecule has 0 unspecified atom stereocenters. The molecule has 6 nitrogen and oxygen atoms in total. The maximum absolute atomic E-state index is 12.6. The summed E-state index contributed by atoms with van der Waals surface area (Å²) >= 11 is 1.58. The summed E-state index contributed by atoms with van der Waals surface area (Å²) in [5.41, 5.74) is 3.77. The molecule has 0 radical (unpaired) electrons. The molecule has 0 saturated heterocycles. The van der Waals surface area contributed by atoms with Crippen LogP contribution in [0.2, 0.25) is 0 Å². The van der Waals surface area contributed by atoms with E-state index in [0.717, 1.165) is 21.8 Å². The Labute approximate surface area is 189 Å². The van der Waals surface area contributed by atoms with Gasteiger partial charge in [0.15, 0.2) is 0 Å². The van der Waals surface area contributed by atoms with Gasteiger partial charge in [-0.2, -0.15) is 0 Å². The zero-order valence-corrected chi connectivity index (χ0v) is 18.3. The molecule has 32 heavy (non-hydrogen) atoms. The molecule has 2 aromatic carbocycles. The smallest absolute Gasteiger partial charge is 0.355 e. The van der Waals surface area contributed by atoms with Gasteiger partial charge in [0.25, 0.3) is 0 Å². The number of benzene rings is 2. The molecule has 7 heteroatoms. The Hall–Kier alpha value is -3.97. The van der Waals surface area contributed by atoms with Crippen LogP contribution in [0.4, 0.5) is 5.69 Å². The fraction of sp³-hybridized carbons (Fsp3) is 0.0800. The largest absolute Gasteiger partial charge is 0.465 e. The summed E-state index contributed by atoms with van der Waals surface area (Å²) in [5.74, 6) is -1.26. The third-order valence-corrected chi connectivity index (χ3v) is 5.75. The summed E-state index contributed by atoms with van der Waals surface area (Å²) in [4.78, 5) is 31.2. The lowest BCUT2D eigenvalue weighted by Gasteiger charge is -2.23. The highest BCUT2D eigenvalue weighted by molar-refractivity contribution is 7.13. The van der Waals surface area contributed by atoms with Gasteiger partial charge in [0, 0.05) is 28.4 Å². The van der Waals surface area contributed by atoms with Gasteiger partial charge < -0.3 is 14.4 Å². The predicted octanol–water partition coefficient (Wildman–Crippen LogP) is 4.97. The van der Waals surface area contributed by atoms with Crippen molar-refractivity contribution in [1.82, 2.24) is 4.98 Å². The van der Waals surface area contributed by atoms with E-state index >= 15 is 0 Å². The third kappa shape index (κ3) is 4.24. The second-order valence-electron chi connectivity index (χ2n) is 6.77. The molecule has 0 fully saturated rings. The zero-order chi connectivity index (χ0) is 22.5. The van der Waals surface area contributed by atoms with Gasteiger partial charge >= 0.3 is 11.9 Å². The maximum atomic E-state index is 12.6. The van der Waals surface area contributed by atoms with Crippen molar-refractivity contribution in [2.45, 2.75) is 0 Å². The fourth-order valence-electron chi connectivity index (χ4n) is 3.28. The van der Waals surface area contributed by atoms with E-state index < -0.39 is 11.9 Å². The van der Waals surface area contributed by atoms with E-state index in [1.54, 1.807) is 34.6 Å². The average Bonchev–Trinajstić information content (AvgIpc) is 3.24. The van der Waals surface area contributed by atoms with Crippen molar-refractivity contribution in [3.63, 3.8) is 0 Å². The normalized spacial score (nSPS) is 13.1. The van der Waals surface area contributed by atoms with Crippen LogP contribution in [-0.4, -0.2) is 31.1 Å². The van der Waals surface area contributed by atoms with Crippen molar-refractivity contribution in [1.29, 1.82) is 0 Å². The Morgan fingerprint density at radius 2 is 1.59 bits per heavy atom. The lowest BCUT2D eigenvalue weighted by atomic mass is 10.1. The number of thiazole rings is 1. The fourth-order valence-corrected chi connectivity index (χ4v) is 4.11. The topological polar surface area (TPSA) is 68.7 Å². The van der Waals surface area contributed by atoms with E-state index in [2.05, 4.69) is 0 Å².